The fourth-order valence-electron chi connectivity index (χ4n) is 2.45. The van der Waals surface area contributed by atoms with Crippen LogP contribution in [0, 0.1) is 5.92 Å². The second-order valence-electron chi connectivity index (χ2n) is 4.73. The van der Waals surface area contributed by atoms with Gasteiger partial charge in [0.15, 0.2) is 0 Å². The van der Waals surface area contributed by atoms with Crippen LogP contribution in [0.4, 0.5) is 0 Å². The minimum Gasteiger partial charge on any atom is -0.392 e. The molecule has 1 N–H and O–H groups in total. The Morgan fingerprint density at radius 2 is 2.15 bits per heavy atom. The predicted octanol–water partition coefficient (Wildman–Crippen LogP) is 1.63. The van der Waals surface area contributed by atoms with Crippen LogP contribution in [-0.4, -0.2) is 35.2 Å². The van der Waals surface area contributed by atoms with E-state index in [-0.39, 0.29) is 6.10 Å². The summed E-state index contributed by atoms with van der Waals surface area (Å²) in [6, 6.07) is 0.681. The Hall–Kier alpha value is -0.0800. The van der Waals surface area contributed by atoms with Gasteiger partial charge in [-0.25, -0.2) is 0 Å². The molecule has 0 spiro atoms. The van der Waals surface area contributed by atoms with E-state index in [1.165, 1.54) is 32.2 Å². The average Bonchev–Trinajstić information content (AvgIpc) is 2.80. The minimum atomic E-state index is -0.0460. The van der Waals surface area contributed by atoms with E-state index in [9.17, 15) is 5.11 Å². The molecule has 1 aliphatic carbocycles. The normalized spacial score (nSPS) is 35.5. The molecule has 1 saturated carbocycles. The zero-order valence-corrected chi connectivity index (χ0v) is 8.58. The molecule has 0 aromatic rings. The molecule has 2 fully saturated rings. The summed E-state index contributed by atoms with van der Waals surface area (Å²) in [6.45, 7) is 4.42. The number of likely N-dealkylation sites (tertiary alicyclic amines) is 1. The first-order valence-electron chi connectivity index (χ1n) is 5.71. The molecule has 1 aliphatic heterocycles. The molecule has 2 aliphatic rings. The van der Waals surface area contributed by atoms with Crippen molar-refractivity contribution in [2.45, 2.75) is 51.2 Å². The van der Waals surface area contributed by atoms with E-state index in [1.54, 1.807) is 0 Å². The SMILES string of the molecule is CCCC1CC(O)CN1CC1CC1. The molecule has 13 heavy (non-hydrogen) atoms. The standard InChI is InChI=1S/C11H21NO/c1-2-3-10-6-11(13)8-12(10)7-9-4-5-9/h9-11,13H,2-8H2,1H3. The van der Waals surface area contributed by atoms with Gasteiger partial charge in [0.05, 0.1) is 6.10 Å². The van der Waals surface area contributed by atoms with Crippen LogP contribution in [0.25, 0.3) is 0 Å². The summed E-state index contributed by atoms with van der Waals surface area (Å²) < 4.78 is 0. The van der Waals surface area contributed by atoms with Crippen LogP contribution >= 0.6 is 0 Å². The number of nitrogens with zero attached hydrogens (tertiary/aromatic N) is 1. The van der Waals surface area contributed by atoms with Crippen LogP contribution < -0.4 is 0 Å². The van der Waals surface area contributed by atoms with Crippen molar-refractivity contribution in [3.8, 4) is 0 Å². The van der Waals surface area contributed by atoms with Gasteiger partial charge in [-0.1, -0.05) is 13.3 Å². The van der Waals surface area contributed by atoms with E-state index in [2.05, 4.69) is 11.8 Å². The van der Waals surface area contributed by atoms with Crippen LogP contribution in [0.5, 0.6) is 0 Å². The maximum absolute atomic E-state index is 9.59. The number of hydrogen-bond donors (Lipinski definition) is 1. The fourth-order valence-corrected chi connectivity index (χ4v) is 2.45. The molecular formula is C11H21NO. The van der Waals surface area contributed by atoms with Gasteiger partial charge in [0, 0.05) is 19.1 Å². The Morgan fingerprint density at radius 1 is 1.38 bits per heavy atom. The van der Waals surface area contributed by atoms with Crippen LogP contribution in [0.15, 0.2) is 0 Å². The van der Waals surface area contributed by atoms with Gasteiger partial charge in [-0.2, -0.15) is 0 Å². The Morgan fingerprint density at radius 3 is 2.77 bits per heavy atom. The monoisotopic (exact) mass is 183 g/mol. The lowest BCUT2D eigenvalue weighted by Crippen LogP contribution is -2.31. The third-order valence-electron chi connectivity index (χ3n) is 3.32. The van der Waals surface area contributed by atoms with E-state index in [0.29, 0.717) is 6.04 Å². The molecule has 76 valence electrons. The number of aliphatic hydroxyl groups is 1. The number of aliphatic hydroxyl groups excluding tert-OH is 1. The Balaban J connectivity index is 1.82. The van der Waals surface area contributed by atoms with Gasteiger partial charge in [-0.15, -0.1) is 0 Å². The van der Waals surface area contributed by atoms with E-state index in [0.717, 1.165) is 18.9 Å². The third kappa shape index (κ3) is 2.44. The molecule has 1 heterocycles. The molecule has 2 atom stereocenters. The summed E-state index contributed by atoms with van der Waals surface area (Å²) in [5.74, 6) is 0.963. The lowest BCUT2D eigenvalue weighted by atomic mass is 10.1. The first-order chi connectivity index (χ1) is 6.29. The van der Waals surface area contributed by atoms with Gasteiger partial charge in [-0.3, -0.25) is 4.90 Å². The summed E-state index contributed by atoms with van der Waals surface area (Å²) in [5.41, 5.74) is 0. The fraction of sp³-hybridized carbons (Fsp3) is 1.00. The van der Waals surface area contributed by atoms with Crippen molar-refractivity contribution < 1.29 is 5.11 Å². The minimum absolute atomic E-state index is 0.0460. The highest BCUT2D eigenvalue weighted by Crippen LogP contribution is 2.33. The molecule has 1 saturated heterocycles. The number of β-amino-alcohol motifs (C(OH)–C–C–N with tert-alkyl or cyclic N) is 1. The van der Waals surface area contributed by atoms with Crippen molar-refractivity contribution in [3.05, 3.63) is 0 Å². The molecular weight excluding hydrogens is 162 g/mol. The van der Waals surface area contributed by atoms with Crippen LogP contribution in [0.3, 0.4) is 0 Å². The molecule has 0 amide bonds. The molecule has 2 unspecified atom stereocenters. The highest BCUT2D eigenvalue weighted by molar-refractivity contribution is 4.88. The lowest BCUT2D eigenvalue weighted by molar-refractivity contribution is 0.172. The highest BCUT2D eigenvalue weighted by Gasteiger charge is 2.34. The van der Waals surface area contributed by atoms with Gasteiger partial charge in [0.25, 0.3) is 0 Å². The van der Waals surface area contributed by atoms with Crippen LogP contribution in [-0.2, 0) is 0 Å². The quantitative estimate of drug-likeness (QED) is 0.716. The van der Waals surface area contributed by atoms with Crippen molar-refractivity contribution in [1.82, 2.24) is 4.90 Å². The van der Waals surface area contributed by atoms with Gasteiger partial charge in [0.2, 0.25) is 0 Å². The van der Waals surface area contributed by atoms with Crippen molar-refractivity contribution in [3.63, 3.8) is 0 Å². The summed E-state index contributed by atoms with van der Waals surface area (Å²) in [5, 5.41) is 9.59. The van der Waals surface area contributed by atoms with Gasteiger partial charge >= 0.3 is 0 Å². The largest absolute Gasteiger partial charge is 0.392 e. The smallest absolute Gasteiger partial charge is 0.0682 e. The summed E-state index contributed by atoms with van der Waals surface area (Å²) >= 11 is 0. The van der Waals surface area contributed by atoms with Gasteiger partial charge in [-0.05, 0) is 31.6 Å². The number of hydrogen-bond acceptors (Lipinski definition) is 2. The Labute approximate surface area is 80.9 Å². The zero-order chi connectivity index (χ0) is 9.26. The second kappa shape index (κ2) is 3.97. The highest BCUT2D eigenvalue weighted by atomic mass is 16.3. The van der Waals surface area contributed by atoms with Crippen molar-refractivity contribution in [2.24, 2.45) is 5.92 Å². The lowest BCUT2D eigenvalue weighted by Gasteiger charge is -2.23. The first-order valence-corrected chi connectivity index (χ1v) is 5.71. The molecule has 0 bridgehead atoms. The second-order valence-corrected chi connectivity index (χ2v) is 4.73. The van der Waals surface area contributed by atoms with E-state index in [4.69, 9.17) is 0 Å². The van der Waals surface area contributed by atoms with E-state index >= 15 is 0 Å². The summed E-state index contributed by atoms with van der Waals surface area (Å²) in [4.78, 5) is 2.52. The van der Waals surface area contributed by atoms with E-state index in [1.807, 2.05) is 0 Å². The molecule has 0 aromatic heterocycles. The summed E-state index contributed by atoms with van der Waals surface area (Å²) in [6.07, 6.45) is 6.33. The average molecular weight is 183 g/mol. The molecule has 2 nitrogen and oxygen atoms in total. The van der Waals surface area contributed by atoms with Crippen molar-refractivity contribution >= 4 is 0 Å². The van der Waals surface area contributed by atoms with Crippen molar-refractivity contribution in [2.75, 3.05) is 13.1 Å². The third-order valence-corrected chi connectivity index (χ3v) is 3.32. The van der Waals surface area contributed by atoms with E-state index < -0.39 is 0 Å². The predicted molar refractivity (Wildman–Crippen MR) is 53.6 cm³/mol. The zero-order valence-electron chi connectivity index (χ0n) is 8.58. The number of rotatable bonds is 4. The summed E-state index contributed by atoms with van der Waals surface area (Å²) in [7, 11) is 0. The molecule has 2 heteroatoms. The molecule has 2 rings (SSSR count). The van der Waals surface area contributed by atoms with Gasteiger partial charge < -0.3 is 5.11 Å². The Bertz CT molecular complexity index is 167. The molecule has 0 radical (unpaired) electrons. The molecule has 0 aromatic carbocycles. The van der Waals surface area contributed by atoms with Gasteiger partial charge in [0.1, 0.15) is 0 Å². The maximum Gasteiger partial charge on any atom is 0.0682 e. The Kier molecular flexibility index (Phi) is 2.89. The maximum atomic E-state index is 9.59. The van der Waals surface area contributed by atoms with Crippen molar-refractivity contribution in [1.29, 1.82) is 0 Å². The topological polar surface area (TPSA) is 23.5 Å². The van der Waals surface area contributed by atoms with Crippen LogP contribution in [0.1, 0.15) is 39.0 Å². The van der Waals surface area contributed by atoms with Crippen LogP contribution in [0.2, 0.25) is 0 Å². The first kappa shape index (κ1) is 9.47.